The van der Waals surface area contributed by atoms with Crippen LogP contribution in [0.2, 0.25) is 0 Å². The van der Waals surface area contributed by atoms with Gasteiger partial charge in [-0.2, -0.15) is 0 Å². The third-order valence-electron chi connectivity index (χ3n) is 4.58. The normalized spacial score (nSPS) is 11.1. The van der Waals surface area contributed by atoms with Crippen molar-refractivity contribution in [3.8, 4) is 5.75 Å². The van der Waals surface area contributed by atoms with E-state index in [0.29, 0.717) is 42.0 Å². The molecule has 3 N–H and O–H groups in total. The summed E-state index contributed by atoms with van der Waals surface area (Å²) in [4.78, 5) is 28.7. The van der Waals surface area contributed by atoms with Crippen molar-refractivity contribution >= 4 is 17.6 Å². The summed E-state index contributed by atoms with van der Waals surface area (Å²) < 4.78 is 10.4. The lowest BCUT2D eigenvalue weighted by atomic mass is 9.97. The summed E-state index contributed by atoms with van der Waals surface area (Å²) in [5.41, 5.74) is 2.97. The summed E-state index contributed by atoms with van der Waals surface area (Å²) in [6.45, 7) is 11.0. The fourth-order valence-corrected chi connectivity index (χ4v) is 3.06. The highest BCUT2D eigenvalue weighted by Crippen LogP contribution is 2.24. The number of aromatic amines is 1. The molecule has 1 heterocycles. The Morgan fingerprint density at radius 2 is 1.77 bits per heavy atom. The number of ether oxygens (including phenoxy) is 2. The summed E-state index contributed by atoms with van der Waals surface area (Å²) in [6, 6.07) is 7.49. The lowest BCUT2D eigenvalue weighted by Crippen LogP contribution is -2.33. The van der Waals surface area contributed by atoms with E-state index in [2.05, 4.69) is 36.4 Å². The maximum absolute atomic E-state index is 12.8. The number of carbonyl (C=O) groups is 2. The Labute approximate surface area is 178 Å². The van der Waals surface area contributed by atoms with Gasteiger partial charge in [-0.05, 0) is 48.6 Å². The summed E-state index contributed by atoms with van der Waals surface area (Å²) >= 11 is 0. The van der Waals surface area contributed by atoms with Crippen LogP contribution < -0.4 is 15.4 Å². The molecule has 0 aliphatic carbocycles. The van der Waals surface area contributed by atoms with Crippen LogP contribution in [0, 0.1) is 5.41 Å². The molecule has 0 atom stereocenters. The monoisotopic (exact) mass is 415 g/mol. The molecule has 0 radical (unpaired) electrons. The van der Waals surface area contributed by atoms with Crippen molar-refractivity contribution in [3.05, 3.63) is 46.8 Å². The topological polar surface area (TPSA) is 92.5 Å². The van der Waals surface area contributed by atoms with E-state index in [1.807, 2.05) is 31.2 Å². The van der Waals surface area contributed by atoms with Gasteiger partial charge in [-0.3, -0.25) is 4.79 Å². The molecular weight excluding hydrogens is 382 g/mol. The van der Waals surface area contributed by atoms with E-state index < -0.39 is 5.97 Å². The molecule has 0 spiro atoms. The minimum Gasteiger partial charge on any atom is -0.497 e. The number of benzene rings is 1. The number of carbonyl (C=O) groups excluding carboxylic acids is 2. The highest BCUT2D eigenvalue weighted by Gasteiger charge is 2.26. The number of aromatic nitrogens is 1. The quantitative estimate of drug-likeness (QED) is 0.535. The molecule has 1 aromatic carbocycles. The van der Waals surface area contributed by atoms with Gasteiger partial charge >= 0.3 is 5.97 Å². The number of rotatable bonds is 9. The Balaban J connectivity index is 2.32. The lowest BCUT2D eigenvalue weighted by Gasteiger charge is -2.18. The molecule has 2 aromatic rings. The van der Waals surface area contributed by atoms with Gasteiger partial charge in [-0.25, -0.2) is 4.79 Å². The fourth-order valence-electron chi connectivity index (χ4n) is 3.06. The molecule has 7 heteroatoms. The smallest absolute Gasteiger partial charge is 0.340 e. The zero-order valence-corrected chi connectivity index (χ0v) is 18.8. The average Bonchev–Trinajstić information content (AvgIpc) is 3.09. The first-order valence-corrected chi connectivity index (χ1v) is 10.3. The van der Waals surface area contributed by atoms with Crippen LogP contribution in [0.5, 0.6) is 5.75 Å². The summed E-state index contributed by atoms with van der Waals surface area (Å²) in [5.74, 6) is 0.119. The third-order valence-corrected chi connectivity index (χ3v) is 4.58. The van der Waals surface area contributed by atoms with E-state index in [9.17, 15) is 9.59 Å². The Kier molecular flexibility index (Phi) is 7.92. The maximum atomic E-state index is 12.8. The van der Waals surface area contributed by atoms with Gasteiger partial charge in [0.2, 0.25) is 0 Å². The highest BCUT2D eigenvalue weighted by molar-refractivity contribution is 6.00. The molecular formula is C23H33N3O4. The van der Waals surface area contributed by atoms with Crippen molar-refractivity contribution < 1.29 is 19.1 Å². The number of hydrogen-bond acceptors (Lipinski definition) is 5. The highest BCUT2D eigenvalue weighted by atomic mass is 16.5. The van der Waals surface area contributed by atoms with Crippen molar-refractivity contribution in [1.82, 2.24) is 10.3 Å². The Bertz CT molecular complexity index is 864. The van der Waals surface area contributed by atoms with Gasteiger partial charge in [0.25, 0.3) is 5.91 Å². The van der Waals surface area contributed by atoms with Gasteiger partial charge < -0.3 is 25.1 Å². The lowest BCUT2D eigenvalue weighted by molar-refractivity contribution is 0.0524. The fraction of sp³-hybridized carbons (Fsp3) is 0.478. The molecule has 2 rings (SSSR count). The number of amides is 1. The zero-order valence-electron chi connectivity index (χ0n) is 18.8. The molecule has 0 fully saturated rings. The van der Waals surface area contributed by atoms with Crippen molar-refractivity contribution in [1.29, 1.82) is 0 Å². The van der Waals surface area contributed by atoms with E-state index in [-0.39, 0.29) is 17.9 Å². The largest absolute Gasteiger partial charge is 0.497 e. The minimum absolute atomic E-state index is 0.0443. The van der Waals surface area contributed by atoms with E-state index in [1.165, 1.54) is 0 Å². The van der Waals surface area contributed by atoms with Crippen molar-refractivity contribution in [2.75, 3.05) is 25.6 Å². The summed E-state index contributed by atoms with van der Waals surface area (Å²) in [5, 5.41) is 6.24. The van der Waals surface area contributed by atoms with Crippen LogP contribution in [0.1, 0.15) is 66.7 Å². The number of hydrogen-bond donors (Lipinski definition) is 3. The van der Waals surface area contributed by atoms with E-state index in [1.54, 1.807) is 14.0 Å². The van der Waals surface area contributed by atoms with Crippen LogP contribution in [-0.2, 0) is 17.7 Å². The molecule has 1 amide bonds. The van der Waals surface area contributed by atoms with Crippen LogP contribution in [0.15, 0.2) is 24.3 Å². The van der Waals surface area contributed by atoms with Crippen LogP contribution in [0.3, 0.4) is 0 Å². The van der Waals surface area contributed by atoms with E-state index in [4.69, 9.17) is 9.47 Å². The molecule has 7 nitrogen and oxygen atoms in total. The average molecular weight is 416 g/mol. The Morgan fingerprint density at radius 1 is 1.10 bits per heavy atom. The standard InChI is InChI=1S/C23H33N3O4/c1-7-17-19(22(28)30-8-2)18(13-24-15-9-11-16(29-6)12-10-15)26-20(17)21(27)25-14-23(3,4)5/h9-12,24,26H,7-8,13-14H2,1-6H3,(H,25,27). The first kappa shape index (κ1) is 23.3. The predicted molar refractivity (Wildman–Crippen MR) is 118 cm³/mol. The number of esters is 1. The van der Waals surface area contributed by atoms with Gasteiger partial charge in [-0.1, -0.05) is 27.7 Å². The van der Waals surface area contributed by atoms with Gasteiger partial charge in [0, 0.05) is 17.9 Å². The molecule has 164 valence electrons. The first-order chi connectivity index (χ1) is 14.2. The molecule has 1 aromatic heterocycles. The van der Waals surface area contributed by atoms with Gasteiger partial charge in [0.1, 0.15) is 11.4 Å². The van der Waals surface area contributed by atoms with Gasteiger partial charge in [0.15, 0.2) is 0 Å². The third kappa shape index (κ3) is 6.02. The van der Waals surface area contributed by atoms with E-state index >= 15 is 0 Å². The molecule has 0 saturated carbocycles. The molecule has 0 unspecified atom stereocenters. The van der Waals surface area contributed by atoms with Crippen molar-refractivity contribution in [2.45, 2.75) is 47.6 Å². The van der Waals surface area contributed by atoms with Crippen LogP contribution >= 0.6 is 0 Å². The second-order valence-electron chi connectivity index (χ2n) is 8.23. The zero-order chi connectivity index (χ0) is 22.3. The summed E-state index contributed by atoms with van der Waals surface area (Å²) in [7, 11) is 1.62. The van der Waals surface area contributed by atoms with Crippen LogP contribution in [0.25, 0.3) is 0 Å². The van der Waals surface area contributed by atoms with E-state index in [0.717, 1.165) is 11.4 Å². The van der Waals surface area contributed by atoms with Gasteiger partial charge in [-0.15, -0.1) is 0 Å². The first-order valence-electron chi connectivity index (χ1n) is 10.3. The number of anilines is 1. The Morgan fingerprint density at radius 3 is 2.30 bits per heavy atom. The number of methoxy groups -OCH3 is 1. The summed E-state index contributed by atoms with van der Waals surface area (Å²) in [6.07, 6.45) is 0.533. The Hall–Kier alpha value is -2.96. The maximum Gasteiger partial charge on any atom is 0.340 e. The molecule has 0 saturated heterocycles. The van der Waals surface area contributed by atoms with Gasteiger partial charge in [0.05, 0.1) is 25.8 Å². The second-order valence-corrected chi connectivity index (χ2v) is 8.23. The molecule has 0 bridgehead atoms. The minimum atomic E-state index is -0.424. The molecule has 0 aliphatic rings. The van der Waals surface area contributed by atoms with Crippen LogP contribution in [0.4, 0.5) is 5.69 Å². The van der Waals surface area contributed by atoms with Crippen LogP contribution in [-0.4, -0.2) is 37.1 Å². The van der Waals surface area contributed by atoms with Crippen molar-refractivity contribution in [2.24, 2.45) is 5.41 Å². The predicted octanol–water partition coefficient (Wildman–Crippen LogP) is 4.15. The second kappa shape index (κ2) is 10.2. The van der Waals surface area contributed by atoms with Crippen molar-refractivity contribution in [3.63, 3.8) is 0 Å². The number of nitrogens with one attached hydrogen (secondary N) is 3. The molecule has 30 heavy (non-hydrogen) atoms. The number of H-pyrrole nitrogens is 1. The molecule has 0 aliphatic heterocycles. The SMILES string of the molecule is CCOC(=O)c1c(CNc2ccc(OC)cc2)[nH]c(C(=O)NCC(C)(C)C)c1CC.